The van der Waals surface area contributed by atoms with Crippen LogP contribution in [-0.4, -0.2) is 10.9 Å². The van der Waals surface area contributed by atoms with Crippen molar-refractivity contribution in [3.8, 4) is 0 Å². The first kappa shape index (κ1) is 14.7. The Balaban J connectivity index is 1.47. The first-order valence-corrected chi connectivity index (χ1v) is 9.00. The maximum absolute atomic E-state index is 12.8. The van der Waals surface area contributed by atoms with Crippen LogP contribution in [0.3, 0.4) is 0 Å². The van der Waals surface area contributed by atoms with Crippen LogP contribution >= 0.6 is 0 Å². The number of hydrogen-bond donors (Lipinski definition) is 1. The molecule has 126 valence electrons. The van der Waals surface area contributed by atoms with E-state index in [0.29, 0.717) is 11.8 Å². The lowest BCUT2D eigenvalue weighted by Gasteiger charge is -2.17. The van der Waals surface area contributed by atoms with Gasteiger partial charge < -0.3 is 9.73 Å². The summed E-state index contributed by atoms with van der Waals surface area (Å²) in [5.41, 5.74) is 1.78. The number of benzene rings is 1. The van der Waals surface area contributed by atoms with Crippen molar-refractivity contribution in [3.05, 3.63) is 66.2 Å². The Bertz CT molecular complexity index is 875. The lowest BCUT2D eigenvalue weighted by atomic mass is 10.0. The van der Waals surface area contributed by atoms with Crippen LogP contribution in [0.15, 0.2) is 59.3 Å². The first-order valence-electron chi connectivity index (χ1n) is 9.00. The van der Waals surface area contributed by atoms with Crippen LogP contribution in [0.1, 0.15) is 36.6 Å². The van der Waals surface area contributed by atoms with Crippen molar-refractivity contribution < 1.29 is 9.21 Å². The summed E-state index contributed by atoms with van der Waals surface area (Å²) in [6, 6.07) is 13.5. The van der Waals surface area contributed by atoms with Gasteiger partial charge in [0.2, 0.25) is 5.91 Å². The Kier molecular flexibility index (Phi) is 3.37. The molecule has 0 bridgehead atoms. The highest BCUT2D eigenvalue weighted by molar-refractivity contribution is 5.84. The van der Waals surface area contributed by atoms with Crippen molar-refractivity contribution in [3.63, 3.8) is 0 Å². The molecule has 2 aliphatic carbocycles. The molecule has 2 saturated carbocycles. The minimum Gasteiger partial charge on any atom is -0.459 e. The molecule has 4 heteroatoms. The Morgan fingerprint density at radius 2 is 2.00 bits per heavy atom. The van der Waals surface area contributed by atoms with E-state index in [1.54, 1.807) is 12.4 Å². The van der Waals surface area contributed by atoms with Crippen LogP contribution in [0.25, 0.3) is 11.0 Å². The lowest BCUT2D eigenvalue weighted by molar-refractivity contribution is -0.123. The zero-order valence-electron chi connectivity index (χ0n) is 13.9. The highest BCUT2D eigenvalue weighted by Crippen LogP contribution is 2.57. The van der Waals surface area contributed by atoms with Crippen molar-refractivity contribution in [1.82, 2.24) is 10.3 Å². The van der Waals surface area contributed by atoms with Gasteiger partial charge in [0, 0.05) is 29.3 Å². The number of furan rings is 1. The molecular weight excluding hydrogens is 312 g/mol. The van der Waals surface area contributed by atoms with E-state index in [4.69, 9.17) is 4.42 Å². The number of aromatic nitrogens is 1. The molecule has 1 aromatic carbocycles. The smallest absolute Gasteiger partial charge is 0.224 e. The minimum atomic E-state index is -0.296. The number of pyridine rings is 1. The average molecular weight is 332 g/mol. The van der Waals surface area contributed by atoms with E-state index >= 15 is 0 Å². The third kappa shape index (κ3) is 2.53. The second kappa shape index (κ2) is 5.73. The number of rotatable bonds is 4. The number of carbonyl (C=O) groups excluding carboxylic acids is 1. The summed E-state index contributed by atoms with van der Waals surface area (Å²) in [6.45, 7) is 0. The van der Waals surface area contributed by atoms with E-state index in [1.165, 1.54) is 19.3 Å². The maximum Gasteiger partial charge on any atom is 0.224 e. The van der Waals surface area contributed by atoms with Gasteiger partial charge in [0.05, 0.1) is 0 Å². The van der Waals surface area contributed by atoms with Gasteiger partial charge in [0.25, 0.3) is 0 Å². The van der Waals surface area contributed by atoms with Crippen molar-refractivity contribution in [2.45, 2.75) is 25.3 Å². The molecule has 0 spiro atoms. The molecule has 0 saturated heterocycles. The molecule has 0 radical (unpaired) electrons. The summed E-state index contributed by atoms with van der Waals surface area (Å²) < 4.78 is 6.04. The van der Waals surface area contributed by atoms with Crippen molar-refractivity contribution in [2.75, 3.05) is 0 Å². The molecule has 1 N–H and O–H groups in total. The van der Waals surface area contributed by atoms with Gasteiger partial charge in [-0.3, -0.25) is 9.78 Å². The molecule has 2 heterocycles. The number of nitrogens with one attached hydrogen (secondary N) is 1. The summed E-state index contributed by atoms with van der Waals surface area (Å²) in [5.74, 6) is 2.31. The average Bonchev–Trinajstić information content (AvgIpc) is 3.01. The van der Waals surface area contributed by atoms with Crippen LogP contribution in [0.4, 0.5) is 0 Å². The normalized spacial score (nSPS) is 25.5. The Labute approximate surface area is 146 Å². The molecule has 2 fully saturated rings. The predicted molar refractivity (Wildman–Crippen MR) is 94.8 cm³/mol. The minimum absolute atomic E-state index is 0.156. The van der Waals surface area contributed by atoms with E-state index in [2.05, 4.69) is 10.3 Å². The van der Waals surface area contributed by atoms with Gasteiger partial charge >= 0.3 is 0 Å². The van der Waals surface area contributed by atoms with Crippen LogP contribution in [0, 0.1) is 17.8 Å². The maximum atomic E-state index is 12.8. The summed E-state index contributed by atoms with van der Waals surface area (Å²) in [5, 5.41) is 4.27. The second-order valence-electron chi connectivity index (χ2n) is 7.20. The summed E-state index contributed by atoms with van der Waals surface area (Å²) in [6.07, 6.45) is 7.21. The van der Waals surface area contributed by atoms with Gasteiger partial charge in [-0.15, -0.1) is 0 Å². The van der Waals surface area contributed by atoms with Gasteiger partial charge in [0.15, 0.2) is 0 Å². The quantitative estimate of drug-likeness (QED) is 0.783. The fraction of sp³-hybridized carbons (Fsp3) is 0.333. The third-order valence-corrected chi connectivity index (χ3v) is 5.74. The molecule has 2 aliphatic rings. The first-order chi connectivity index (χ1) is 12.3. The highest BCUT2D eigenvalue weighted by atomic mass is 16.3. The van der Waals surface area contributed by atoms with Gasteiger partial charge in [-0.1, -0.05) is 30.7 Å². The molecule has 0 unspecified atom stereocenters. The van der Waals surface area contributed by atoms with Crippen LogP contribution < -0.4 is 5.32 Å². The number of nitrogens with zero attached hydrogens (tertiary/aromatic N) is 1. The van der Waals surface area contributed by atoms with E-state index in [-0.39, 0.29) is 17.9 Å². The van der Waals surface area contributed by atoms with E-state index < -0.39 is 0 Å². The fourth-order valence-electron chi connectivity index (χ4n) is 4.46. The van der Waals surface area contributed by atoms with Crippen LogP contribution in [0.2, 0.25) is 0 Å². The van der Waals surface area contributed by atoms with Crippen molar-refractivity contribution in [1.29, 1.82) is 0 Å². The topological polar surface area (TPSA) is 55.1 Å². The Hall–Kier alpha value is -2.62. The Morgan fingerprint density at radius 3 is 2.76 bits per heavy atom. The molecule has 5 rings (SSSR count). The molecule has 3 atom stereocenters. The van der Waals surface area contributed by atoms with E-state index in [0.717, 1.165) is 22.3 Å². The van der Waals surface area contributed by atoms with Crippen LogP contribution in [-0.2, 0) is 4.79 Å². The monoisotopic (exact) mass is 332 g/mol. The Morgan fingerprint density at radius 1 is 1.16 bits per heavy atom. The molecule has 1 amide bonds. The summed E-state index contributed by atoms with van der Waals surface area (Å²) >= 11 is 0. The lowest BCUT2D eigenvalue weighted by Crippen LogP contribution is -2.31. The zero-order chi connectivity index (χ0) is 16.8. The highest BCUT2D eigenvalue weighted by Gasteiger charge is 2.56. The fourth-order valence-corrected chi connectivity index (χ4v) is 4.46. The van der Waals surface area contributed by atoms with E-state index in [9.17, 15) is 4.79 Å². The molecule has 25 heavy (non-hydrogen) atoms. The molecule has 2 aromatic heterocycles. The summed E-state index contributed by atoms with van der Waals surface area (Å²) in [7, 11) is 0. The largest absolute Gasteiger partial charge is 0.459 e. The molecular formula is C21H20N2O2. The molecule has 4 nitrogen and oxygen atoms in total. The SMILES string of the molecule is O=C(N[C@H](c1cccnc1)c1cc2ccccc2o1)C1[C@H]2CCC[C@H]12. The number of fused-ring (bicyclic) bond motifs is 2. The predicted octanol–water partition coefficient (Wildman–Crippen LogP) is 4.08. The second-order valence-corrected chi connectivity index (χ2v) is 7.20. The van der Waals surface area contributed by atoms with Crippen LogP contribution in [0.5, 0.6) is 0 Å². The standard InChI is InChI=1S/C21H20N2O2/c24-21(19-15-7-3-8-16(15)19)23-20(14-6-4-10-22-12-14)18-11-13-5-1-2-9-17(13)25-18/h1-2,4-6,9-12,15-16,19-20H,3,7-8H2,(H,23,24)/t15-,16-,20+/m0/s1. The zero-order valence-corrected chi connectivity index (χ0v) is 13.9. The molecule has 0 aliphatic heterocycles. The van der Waals surface area contributed by atoms with Gasteiger partial charge in [-0.05, 0) is 42.9 Å². The van der Waals surface area contributed by atoms with Gasteiger partial charge in [0.1, 0.15) is 17.4 Å². The molecule has 3 aromatic rings. The number of amides is 1. The number of carbonyl (C=O) groups is 1. The third-order valence-electron chi connectivity index (χ3n) is 5.74. The number of hydrogen-bond acceptors (Lipinski definition) is 3. The van der Waals surface area contributed by atoms with Gasteiger partial charge in [-0.2, -0.15) is 0 Å². The van der Waals surface area contributed by atoms with Gasteiger partial charge in [-0.25, -0.2) is 0 Å². The van der Waals surface area contributed by atoms with E-state index in [1.807, 2.05) is 42.5 Å². The summed E-state index contributed by atoms with van der Waals surface area (Å²) in [4.78, 5) is 17.0. The van der Waals surface area contributed by atoms with Crippen molar-refractivity contribution in [2.24, 2.45) is 17.8 Å². The number of para-hydroxylation sites is 1. The van der Waals surface area contributed by atoms with Crippen molar-refractivity contribution >= 4 is 16.9 Å².